The zero-order valence-corrected chi connectivity index (χ0v) is 38.0. The van der Waals surface area contributed by atoms with Gasteiger partial charge < -0.3 is 9.13 Å². The molecular weight excluding hydrogens is 783 g/mol. The van der Waals surface area contributed by atoms with Gasteiger partial charge in [-0.05, 0) is 134 Å². The third-order valence-corrected chi connectivity index (χ3v) is 13.0. The lowest BCUT2D eigenvalue weighted by Gasteiger charge is -2.27. The van der Waals surface area contributed by atoms with Gasteiger partial charge in [-0.15, -0.1) is 0 Å². The highest BCUT2D eigenvalue weighted by molar-refractivity contribution is 8.32. The highest BCUT2D eigenvalue weighted by Crippen LogP contribution is 2.48. The number of hydrogen-bond donors (Lipinski definition) is 0. The van der Waals surface area contributed by atoms with Crippen molar-refractivity contribution in [2.45, 2.75) is 25.7 Å². The lowest BCUT2D eigenvalue weighted by molar-refractivity contribution is 1.17. The Hall–Kier alpha value is -7.14. The lowest BCUT2D eigenvalue weighted by Crippen LogP contribution is -1.97. The third-order valence-electron chi connectivity index (χ3n) is 11.3. The van der Waals surface area contributed by atoms with Crippen molar-refractivity contribution in [3.8, 4) is 22.5 Å². The molecule has 9 rings (SSSR count). The molecule has 4 heteroatoms. The molecule has 0 bridgehead atoms. The van der Waals surface area contributed by atoms with E-state index in [9.17, 15) is 0 Å². The minimum Gasteiger partial charge on any atom is -0.309 e. The minimum absolute atomic E-state index is 0.763. The van der Waals surface area contributed by atoms with E-state index in [-0.39, 0.29) is 0 Å². The molecule has 0 saturated carbocycles. The first kappa shape index (κ1) is 42.5. The molecule has 0 N–H and O–H groups in total. The third kappa shape index (κ3) is 9.09. The Balaban J connectivity index is 0.000000540. The van der Waals surface area contributed by atoms with Crippen LogP contribution >= 0.6 is 10.0 Å². The summed E-state index contributed by atoms with van der Waals surface area (Å²) in [6.45, 7) is 14.3. The van der Waals surface area contributed by atoms with E-state index < -0.39 is 10.0 Å². The zero-order valence-electron chi connectivity index (χ0n) is 37.2. The van der Waals surface area contributed by atoms with Crippen molar-refractivity contribution >= 4 is 70.6 Å². The van der Waals surface area contributed by atoms with Crippen LogP contribution in [-0.2, 0) is 0 Å². The smallest absolute Gasteiger partial charge is 0.0634 e. The molecule has 0 saturated heterocycles. The van der Waals surface area contributed by atoms with Gasteiger partial charge in [0.15, 0.2) is 0 Å². The summed E-state index contributed by atoms with van der Waals surface area (Å²) >= 11 is 0. The predicted molar refractivity (Wildman–Crippen MR) is 281 cm³/mol. The Morgan fingerprint density at radius 3 is 1.73 bits per heavy atom. The van der Waals surface area contributed by atoms with Crippen LogP contribution in [0.2, 0.25) is 0 Å². The van der Waals surface area contributed by atoms with Crippen LogP contribution in [0.5, 0.6) is 0 Å². The van der Waals surface area contributed by atoms with Crippen molar-refractivity contribution in [3.05, 3.63) is 225 Å². The molecule has 0 spiro atoms. The molecular formula is C59H55N3S. The van der Waals surface area contributed by atoms with E-state index in [4.69, 9.17) is 4.99 Å². The molecule has 0 aliphatic heterocycles. The number of rotatable bonds is 10. The Morgan fingerprint density at radius 2 is 1.08 bits per heavy atom. The Bertz CT molecular complexity index is 3250. The molecule has 3 nitrogen and oxygen atoms in total. The molecule has 0 amide bonds. The van der Waals surface area contributed by atoms with Gasteiger partial charge in [-0.3, -0.25) is 4.99 Å². The second kappa shape index (κ2) is 18.5. The summed E-state index contributed by atoms with van der Waals surface area (Å²) in [6, 6.07) is 59.1. The van der Waals surface area contributed by atoms with E-state index in [1.165, 1.54) is 65.2 Å². The second-order valence-electron chi connectivity index (χ2n) is 16.7. The van der Waals surface area contributed by atoms with Crippen molar-refractivity contribution in [1.82, 2.24) is 9.13 Å². The average Bonchev–Trinajstić information content (AvgIpc) is 3.81. The second-order valence-corrected chi connectivity index (χ2v) is 20.8. The molecule has 0 unspecified atom stereocenters. The van der Waals surface area contributed by atoms with Crippen LogP contribution in [0.3, 0.4) is 0 Å². The van der Waals surface area contributed by atoms with Crippen molar-refractivity contribution in [2.24, 2.45) is 4.99 Å². The summed E-state index contributed by atoms with van der Waals surface area (Å²) in [6.07, 6.45) is 19.1. The first-order valence-corrected chi connectivity index (χ1v) is 24.2. The van der Waals surface area contributed by atoms with Gasteiger partial charge in [0, 0.05) is 44.2 Å². The van der Waals surface area contributed by atoms with Gasteiger partial charge in [-0.25, -0.2) is 10.0 Å². The van der Waals surface area contributed by atoms with E-state index in [1.54, 1.807) is 0 Å². The van der Waals surface area contributed by atoms with Crippen LogP contribution in [0.15, 0.2) is 223 Å². The molecule has 0 radical (unpaired) electrons. The summed E-state index contributed by atoms with van der Waals surface area (Å²) in [4.78, 5) is 6.24. The molecule has 0 fully saturated rings. The maximum Gasteiger partial charge on any atom is 0.0634 e. The Labute approximate surface area is 374 Å². The SMILES string of the molecule is C=C(C)c1ccccc1.C=C(N=C(C)/C=C/C=C\C=C/C)c1cc(-c2ccc3c4ccccc4n(-c4ccc5c(c4)c4ccccc4n5-c4ccccc4)c3c2)cc(S(C)(C)C)c1. The number of nitrogens with zero attached hydrogens (tertiary/aromatic N) is 3. The van der Waals surface area contributed by atoms with Crippen LogP contribution in [0.25, 0.3) is 77.4 Å². The van der Waals surface area contributed by atoms with Crippen LogP contribution in [0.1, 0.15) is 31.9 Å². The normalized spacial score (nSPS) is 12.6. The highest BCUT2D eigenvalue weighted by Gasteiger charge is 2.18. The van der Waals surface area contributed by atoms with Gasteiger partial charge >= 0.3 is 0 Å². The van der Waals surface area contributed by atoms with E-state index in [1.807, 2.05) is 75.4 Å². The monoisotopic (exact) mass is 837 g/mol. The minimum atomic E-state index is -1.04. The van der Waals surface area contributed by atoms with Gasteiger partial charge in [0.2, 0.25) is 0 Å². The summed E-state index contributed by atoms with van der Waals surface area (Å²) in [7, 11) is -1.04. The van der Waals surface area contributed by atoms with E-state index in [2.05, 4.69) is 187 Å². The van der Waals surface area contributed by atoms with Crippen molar-refractivity contribution in [1.29, 1.82) is 0 Å². The molecule has 63 heavy (non-hydrogen) atoms. The fourth-order valence-electron chi connectivity index (χ4n) is 8.14. The fourth-order valence-corrected chi connectivity index (χ4v) is 9.10. The first-order chi connectivity index (χ1) is 30.5. The van der Waals surface area contributed by atoms with Crippen molar-refractivity contribution in [3.63, 3.8) is 0 Å². The van der Waals surface area contributed by atoms with Crippen molar-refractivity contribution < 1.29 is 0 Å². The summed E-state index contributed by atoms with van der Waals surface area (Å²) in [5.41, 5.74) is 14.5. The first-order valence-electron chi connectivity index (χ1n) is 21.4. The van der Waals surface area contributed by atoms with E-state index in [0.29, 0.717) is 0 Å². The predicted octanol–water partition coefficient (Wildman–Crippen LogP) is 16.4. The van der Waals surface area contributed by atoms with Gasteiger partial charge in [0.25, 0.3) is 0 Å². The van der Waals surface area contributed by atoms with Crippen LogP contribution in [0.4, 0.5) is 0 Å². The summed E-state index contributed by atoms with van der Waals surface area (Å²) in [5, 5.41) is 4.95. The topological polar surface area (TPSA) is 22.2 Å². The van der Waals surface area contributed by atoms with Gasteiger partial charge in [-0.2, -0.15) is 0 Å². The van der Waals surface area contributed by atoms with Crippen LogP contribution in [0, 0.1) is 0 Å². The number of fused-ring (bicyclic) bond motifs is 6. The van der Waals surface area contributed by atoms with Crippen molar-refractivity contribution in [2.75, 3.05) is 18.8 Å². The molecule has 2 aromatic heterocycles. The molecule has 7 aromatic carbocycles. The zero-order chi connectivity index (χ0) is 44.1. The van der Waals surface area contributed by atoms with Crippen LogP contribution < -0.4 is 0 Å². The number of aromatic nitrogens is 2. The van der Waals surface area contributed by atoms with E-state index in [0.717, 1.165) is 33.9 Å². The molecule has 9 aromatic rings. The van der Waals surface area contributed by atoms with Crippen LogP contribution in [-0.4, -0.2) is 33.6 Å². The van der Waals surface area contributed by atoms with Gasteiger partial charge in [0.1, 0.15) is 0 Å². The summed E-state index contributed by atoms with van der Waals surface area (Å²) in [5.74, 6) is 0. The largest absolute Gasteiger partial charge is 0.309 e. The molecule has 2 heterocycles. The standard InChI is InChI=1S/C50H45N3S.C9H10/c1-7-8-9-10-12-19-35(2)51-36(3)38-30-39(32-42(31-38)54(4,5)6)37-26-28-45-43-22-15-17-24-47(43)53(50(45)33-37)41-27-29-49-46(34-41)44-23-16-18-25-48(44)52(49)40-20-13-11-14-21-40;1-8(2)9-6-4-3-5-7-9/h7-34H,3H2,1-2,4-6H3;3-7H,1H2,2H3/b8-7-,10-9-,19-12+,51-35?;. The number of hydrogen-bond acceptors (Lipinski definition) is 1. The average molecular weight is 838 g/mol. The molecule has 312 valence electrons. The maximum atomic E-state index is 4.91. The van der Waals surface area contributed by atoms with Gasteiger partial charge in [0.05, 0.1) is 27.8 Å². The number of para-hydroxylation sites is 3. The molecule has 0 atom stereocenters. The number of allylic oxidation sites excluding steroid dienone is 7. The fraction of sp³-hybridized carbons (Fsp3) is 0.102. The molecule has 0 aliphatic carbocycles. The summed E-state index contributed by atoms with van der Waals surface area (Å²) < 4.78 is 4.81. The Morgan fingerprint density at radius 1 is 0.492 bits per heavy atom. The van der Waals surface area contributed by atoms with E-state index >= 15 is 0 Å². The Kier molecular flexibility index (Phi) is 12.5. The number of aliphatic imine (C=N–C) groups is 1. The lowest BCUT2D eigenvalue weighted by atomic mass is 10.0. The van der Waals surface area contributed by atoms with Gasteiger partial charge in [-0.1, -0.05) is 146 Å². The quantitative estimate of drug-likeness (QED) is 0.0967. The highest BCUT2D eigenvalue weighted by atomic mass is 32.3. The maximum absolute atomic E-state index is 4.91. The number of benzene rings is 7. The molecule has 0 aliphatic rings.